The molecule has 0 radical (unpaired) electrons. The van der Waals surface area contributed by atoms with E-state index in [-0.39, 0.29) is 0 Å². The first-order chi connectivity index (χ1) is 12.8. The second kappa shape index (κ2) is 6.85. The monoisotopic (exact) mass is 337 g/mol. The minimum Gasteiger partial charge on any atom is -0.619 e. The zero-order chi connectivity index (χ0) is 17.8. The van der Waals surface area contributed by atoms with E-state index in [1.807, 2.05) is 66.7 Å². The van der Waals surface area contributed by atoms with Crippen LogP contribution in [-0.4, -0.2) is 0 Å². The van der Waals surface area contributed by atoms with Gasteiger partial charge >= 0.3 is 0 Å². The first-order valence-corrected chi connectivity index (χ1v) is 8.68. The molecule has 0 unspecified atom stereocenters. The van der Waals surface area contributed by atoms with Crippen molar-refractivity contribution < 1.29 is 4.73 Å². The molecule has 4 aromatic rings. The molecule has 1 heterocycles. The quantitative estimate of drug-likeness (QED) is 0.301. The van der Waals surface area contributed by atoms with Crippen molar-refractivity contribution in [3.63, 3.8) is 0 Å². The van der Waals surface area contributed by atoms with Gasteiger partial charge in [-0.15, -0.1) is 0 Å². The Kier molecular flexibility index (Phi) is 4.24. The normalized spacial score (nSPS) is 11.2. The fourth-order valence-electron chi connectivity index (χ4n) is 3.74. The van der Waals surface area contributed by atoms with Crippen LogP contribution in [0.15, 0.2) is 116 Å². The van der Waals surface area contributed by atoms with Crippen LogP contribution < -0.4 is 4.73 Å². The summed E-state index contributed by atoms with van der Waals surface area (Å²) in [5.74, 6) is 0. The predicted molar refractivity (Wildman–Crippen MR) is 104 cm³/mol. The van der Waals surface area contributed by atoms with E-state index in [1.54, 1.807) is 6.20 Å². The van der Waals surface area contributed by atoms with Gasteiger partial charge in [-0.25, -0.2) is 0 Å². The molecule has 0 amide bonds. The molecule has 2 heteroatoms. The second-order valence-corrected chi connectivity index (χ2v) is 6.30. The van der Waals surface area contributed by atoms with Gasteiger partial charge in [0, 0.05) is 11.6 Å². The molecule has 2 nitrogen and oxygen atoms in total. The molecular weight excluding hydrogens is 318 g/mol. The van der Waals surface area contributed by atoms with Gasteiger partial charge in [0.2, 0.25) is 0 Å². The van der Waals surface area contributed by atoms with E-state index in [9.17, 15) is 5.21 Å². The van der Waals surface area contributed by atoms with Crippen LogP contribution in [0.25, 0.3) is 0 Å². The third-order valence-corrected chi connectivity index (χ3v) is 4.83. The Morgan fingerprint density at radius 2 is 0.885 bits per heavy atom. The van der Waals surface area contributed by atoms with Crippen molar-refractivity contribution in [2.45, 2.75) is 5.41 Å². The molecule has 0 saturated heterocycles. The van der Waals surface area contributed by atoms with Crippen LogP contribution in [0.4, 0.5) is 0 Å². The molecule has 0 aliphatic rings. The number of aromatic nitrogens is 1. The Balaban J connectivity index is 2.14. The Hall–Kier alpha value is -3.39. The minimum atomic E-state index is -0.558. The lowest BCUT2D eigenvalue weighted by Gasteiger charge is -2.35. The predicted octanol–water partition coefficient (Wildman–Crippen LogP) is 4.70. The summed E-state index contributed by atoms with van der Waals surface area (Å²) in [5.41, 5.74) is 3.77. The molecule has 0 saturated carbocycles. The van der Waals surface area contributed by atoms with Crippen LogP contribution >= 0.6 is 0 Å². The first-order valence-electron chi connectivity index (χ1n) is 8.68. The molecule has 0 atom stereocenters. The lowest BCUT2D eigenvalue weighted by atomic mass is 9.65. The largest absolute Gasteiger partial charge is 0.619 e. The van der Waals surface area contributed by atoms with Crippen LogP contribution in [-0.2, 0) is 5.41 Å². The fourth-order valence-corrected chi connectivity index (χ4v) is 3.74. The lowest BCUT2D eigenvalue weighted by Crippen LogP contribution is -2.35. The number of benzene rings is 3. The maximum absolute atomic E-state index is 12.1. The number of nitrogens with zero attached hydrogens (tertiary/aromatic N) is 1. The maximum atomic E-state index is 12.1. The van der Waals surface area contributed by atoms with E-state index in [0.717, 1.165) is 27.0 Å². The first kappa shape index (κ1) is 16.1. The zero-order valence-electron chi connectivity index (χ0n) is 14.3. The average Bonchev–Trinajstić information content (AvgIpc) is 2.71. The van der Waals surface area contributed by atoms with Gasteiger partial charge in [-0.05, 0) is 22.8 Å². The molecule has 126 valence electrons. The molecule has 26 heavy (non-hydrogen) atoms. The molecule has 0 spiro atoms. The van der Waals surface area contributed by atoms with E-state index in [2.05, 4.69) is 36.4 Å². The molecule has 1 aromatic heterocycles. The van der Waals surface area contributed by atoms with E-state index in [1.165, 1.54) is 6.20 Å². The van der Waals surface area contributed by atoms with Gasteiger partial charge in [-0.2, -0.15) is 4.73 Å². The van der Waals surface area contributed by atoms with Crippen molar-refractivity contribution in [3.8, 4) is 0 Å². The molecule has 0 N–H and O–H groups in total. The highest BCUT2D eigenvalue weighted by atomic mass is 16.5. The average molecular weight is 337 g/mol. The molecule has 3 aromatic carbocycles. The Morgan fingerprint density at radius 1 is 0.500 bits per heavy atom. The SMILES string of the molecule is [O-][n+]1cccc(C(c2ccccc2)(c2ccccc2)c2ccccc2)c1. The Bertz CT molecular complexity index is 885. The number of hydrogen-bond donors (Lipinski definition) is 0. The summed E-state index contributed by atoms with van der Waals surface area (Å²) in [5, 5.41) is 12.1. The highest BCUT2D eigenvalue weighted by Gasteiger charge is 2.39. The van der Waals surface area contributed by atoms with Crippen LogP contribution in [0.3, 0.4) is 0 Å². The van der Waals surface area contributed by atoms with E-state index < -0.39 is 5.41 Å². The van der Waals surface area contributed by atoms with Crippen molar-refractivity contribution in [1.29, 1.82) is 0 Å². The van der Waals surface area contributed by atoms with Crippen molar-refractivity contribution in [2.75, 3.05) is 0 Å². The molecular formula is C24H19NO. The topological polar surface area (TPSA) is 26.9 Å². The van der Waals surface area contributed by atoms with Gasteiger partial charge in [0.1, 0.15) is 0 Å². The summed E-state index contributed by atoms with van der Waals surface area (Å²) in [6, 6.07) is 34.9. The van der Waals surface area contributed by atoms with Crippen LogP contribution in [0, 0.1) is 5.21 Å². The van der Waals surface area contributed by atoms with Crippen molar-refractivity contribution in [2.24, 2.45) is 0 Å². The van der Waals surface area contributed by atoms with Crippen LogP contribution in [0.2, 0.25) is 0 Å². The van der Waals surface area contributed by atoms with Crippen molar-refractivity contribution in [3.05, 3.63) is 143 Å². The fraction of sp³-hybridized carbons (Fsp3) is 0.0417. The number of pyridine rings is 1. The number of hydrogen-bond acceptors (Lipinski definition) is 1. The summed E-state index contributed by atoms with van der Waals surface area (Å²) in [6.45, 7) is 0. The summed E-state index contributed by atoms with van der Waals surface area (Å²) < 4.78 is 0.874. The summed E-state index contributed by atoms with van der Waals surface area (Å²) >= 11 is 0. The minimum absolute atomic E-state index is 0.558. The molecule has 0 bridgehead atoms. The summed E-state index contributed by atoms with van der Waals surface area (Å²) in [6.07, 6.45) is 3.20. The van der Waals surface area contributed by atoms with Crippen LogP contribution in [0.5, 0.6) is 0 Å². The maximum Gasteiger partial charge on any atom is 0.185 e. The highest BCUT2D eigenvalue weighted by Crippen LogP contribution is 2.44. The highest BCUT2D eigenvalue weighted by molar-refractivity contribution is 5.58. The van der Waals surface area contributed by atoms with E-state index >= 15 is 0 Å². The molecule has 0 aliphatic carbocycles. The standard InChI is InChI=1S/C24H19NO/c26-25-18-10-17-23(19-25)24(20-11-4-1-5-12-20,21-13-6-2-7-14-21)22-15-8-3-9-16-22/h1-19H. The smallest absolute Gasteiger partial charge is 0.185 e. The van der Waals surface area contributed by atoms with Gasteiger partial charge in [-0.3, -0.25) is 0 Å². The lowest BCUT2D eigenvalue weighted by molar-refractivity contribution is -0.606. The van der Waals surface area contributed by atoms with Gasteiger partial charge in [0.25, 0.3) is 0 Å². The molecule has 4 rings (SSSR count). The van der Waals surface area contributed by atoms with Gasteiger partial charge in [0.15, 0.2) is 12.4 Å². The van der Waals surface area contributed by atoms with Gasteiger partial charge in [-0.1, -0.05) is 91.0 Å². The zero-order valence-corrected chi connectivity index (χ0v) is 14.3. The molecule has 0 aliphatic heterocycles. The summed E-state index contributed by atoms with van der Waals surface area (Å²) in [4.78, 5) is 0. The Morgan fingerprint density at radius 3 is 1.27 bits per heavy atom. The third-order valence-electron chi connectivity index (χ3n) is 4.83. The molecule has 0 fully saturated rings. The third kappa shape index (κ3) is 2.66. The van der Waals surface area contributed by atoms with Crippen LogP contribution in [0.1, 0.15) is 22.3 Å². The van der Waals surface area contributed by atoms with Gasteiger partial charge in [0.05, 0.1) is 5.41 Å². The van der Waals surface area contributed by atoms with Crippen molar-refractivity contribution >= 4 is 0 Å². The van der Waals surface area contributed by atoms with Gasteiger partial charge < -0.3 is 5.21 Å². The number of rotatable bonds is 4. The summed E-state index contributed by atoms with van der Waals surface area (Å²) in [7, 11) is 0. The van der Waals surface area contributed by atoms with E-state index in [4.69, 9.17) is 0 Å². The Labute approximate surface area is 153 Å². The second-order valence-electron chi connectivity index (χ2n) is 6.30. The van der Waals surface area contributed by atoms with Crippen molar-refractivity contribution in [1.82, 2.24) is 0 Å². The van der Waals surface area contributed by atoms with E-state index in [0.29, 0.717) is 0 Å².